The van der Waals surface area contributed by atoms with Gasteiger partial charge in [0.15, 0.2) is 11.5 Å². The molecule has 2 N–H and O–H groups in total. The van der Waals surface area contributed by atoms with E-state index in [2.05, 4.69) is 10.0 Å². The van der Waals surface area contributed by atoms with Crippen molar-refractivity contribution >= 4 is 21.6 Å². The molecule has 0 radical (unpaired) electrons. The minimum Gasteiger partial charge on any atom is -0.490 e. The number of hydrogen-bond donors (Lipinski definition) is 2. The van der Waals surface area contributed by atoms with Crippen LogP contribution in [-0.2, 0) is 10.0 Å². The number of hydrogen-bond acceptors (Lipinski definition) is 5. The summed E-state index contributed by atoms with van der Waals surface area (Å²) in [4.78, 5) is 12.6. The molecule has 2 aromatic carbocycles. The van der Waals surface area contributed by atoms with Crippen LogP contribution in [0.5, 0.6) is 11.5 Å². The smallest absolute Gasteiger partial charge is 0.262 e. The Kier molecular flexibility index (Phi) is 7.13. The SMILES string of the molecule is CCOc1ccc(S(=O)(=O)Nc2ccccc2C(=O)NC(C)(C)C)cc1OCC. The molecule has 7 nitrogen and oxygen atoms in total. The van der Waals surface area contributed by atoms with Crippen molar-refractivity contribution < 1.29 is 22.7 Å². The van der Waals surface area contributed by atoms with Crippen LogP contribution in [-0.4, -0.2) is 33.1 Å². The lowest BCUT2D eigenvalue weighted by molar-refractivity contribution is 0.0920. The second-order valence-electron chi connectivity index (χ2n) is 7.33. The van der Waals surface area contributed by atoms with Gasteiger partial charge in [-0.2, -0.15) is 0 Å². The molecule has 0 atom stereocenters. The van der Waals surface area contributed by atoms with E-state index in [0.29, 0.717) is 24.7 Å². The number of sulfonamides is 1. The summed E-state index contributed by atoms with van der Waals surface area (Å²) in [5.41, 5.74) is -0.0204. The van der Waals surface area contributed by atoms with Crippen LogP contribution in [0.2, 0.25) is 0 Å². The predicted molar refractivity (Wildman–Crippen MR) is 113 cm³/mol. The van der Waals surface area contributed by atoms with E-state index >= 15 is 0 Å². The van der Waals surface area contributed by atoms with Gasteiger partial charge in [0.05, 0.1) is 29.4 Å². The van der Waals surface area contributed by atoms with E-state index in [1.54, 1.807) is 37.3 Å². The van der Waals surface area contributed by atoms with Crippen molar-refractivity contribution in [1.29, 1.82) is 0 Å². The average molecular weight is 421 g/mol. The fourth-order valence-corrected chi connectivity index (χ4v) is 3.68. The van der Waals surface area contributed by atoms with Crippen LogP contribution in [0.4, 0.5) is 5.69 Å². The van der Waals surface area contributed by atoms with E-state index in [1.165, 1.54) is 12.1 Å². The Morgan fingerprint density at radius 3 is 2.21 bits per heavy atom. The Labute approximate surface area is 172 Å². The van der Waals surface area contributed by atoms with Crippen LogP contribution in [0.15, 0.2) is 47.4 Å². The van der Waals surface area contributed by atoms with Gasteiger partial charge < -0.3 is 14.8 Å². The number of carbonyl (C=O) groups excluding carboxylic acids is 1. The van der Waals surface area contributed by atoms with Crippen molar-refractivity contribution in [3.63, 3.8) is 0 Å². The first-order chi connectivity index (χ1) is 13.6. The molecule has 1 amide bonds. The van der Waals surface area contributed by atoms with Gasteiger partial charge in [-0.15, -0.1) is 0 Å². The third-order valence-corrected chi connectivity index (χ3v) is 5.09. The molecule has 0 saturated heterocycles. The Hall–Kier alpha value is -2.74. The molecule has 0 aliphatic rings. The lowest BCUT2D eigenvalue weighted by atomic mass is 10.1. The molecule has 29 heavy (non-hydrogen) atoms. The Morgan fingerprint density at radius 1 is 0.966 bits per heavy atom. The fourth-order valence-electron chi connectivity index (χ4n) is 2.58. The number of rotatable bonds is 8. The zero-order chi connectivity index (χ0) is 21.7. The molecule has 0 aromatic heterocycles. The van der Waals surface area contributed by atoms with Crippen LogP contribution in [0.3, 0.4) is 0 Å². The molecule has 158 valence electrons. The fraction of sp³-hybridized carbons (Fsp3) is 0.381. The first-order valence-electron chi connectivity index (χ1n) is 9.41. The Morgan fingerprint density at radius 2 is 1.59 bits per heavy atom. The topological polar surface area (TPSA) is 93.7 Å². The minimum atomic E-state index is -3.95. The monoisotopic (exact) mass is 420 g/mol. The van der Waals surface area contributed by atoms with Crippen molar-refractivity contribution in [2.24, 2.45) is 0 Å². The molecule has 0 unspecified atom stereocenters. The van der Waals surface area contributed by atoms with Crippen molar-refractivity contribution in [3.8, 4) is 11.5 Å². The van der Waals surface area contributed by atoms with Crippen molar-refractivity contribution in [1.82, 2.24) is 5.32 Å². The van der Waals surface area contributed by atoms with E-state index in [-0.39, 0.29) is 22.1 Å². The largest absolute Gasteiger partial charge is 0.490 e. The lowest BCUT2D eigenvalue weighted by Crippen LogP contribution is -2.40. The van der Waals surface area contributed by atoms with Gasteiger partial charge in [0.2, 0.25) is 0 Å². The van der Waals surface area contributed by atoms with Crippen LogP contribution in [0, 0.1) is 0 Å². The van der Waals surface area contributed by atoms with E-state index in [4.69, 9.17) is 9.47 Å². The second-order valence-corrected chi connectivity index (χ2v) is 9.01. The molecule has 0 bridgehead atoms. The summed E-state index contributed by atoms with van der Waals surface area (Å²) in [5, 5.41) is 2.84. The van der Waals surface area contributed by atoms with Crippen LogP contribution >= 0.6 is 0 Å². The van der Waals surface area contributed by atoms with Crippen LogP contribution < -0.4 is 19.5 Å². The summed E-state index contributed by atoms with van der Waals surface area (Å²) in [5.74, 6) is 0.451. The summed E-state index contributed by atoms with van der Waals surface area (Å²) in [6, 6.07) is 10.9. The third-order valence-electron chi connectivity index (χ3n) is 3.73. The summed E-state index contributed by atoms with van der Waals surface area (Å²) in [7, 11) is -3.95. The van der Waals surface area contributed by atoms with Gasteiger partial charge in [0.1, 0.15) is 0 Å². The maximum absolute atomic E-state index is 12.9. The predicted octanol–water partition coefficient (Wildman–Crippen LogP) is 3.81. The van der Waals surface area contributed by atoms with E-state index in [9.17, 15) is 13.2 Å². The normalized spacial score (nSPS) is 11.6. The van der Waals surface area contributed by atoms with Gasteiger partial charge in [-0.05, 0) is 58.9 Å². The average Bonchev–Trinajstić information content (AvgIpc) is 2.62. The first-order valence-corrected chi connectivity index (χ1v) is 10.9. The highest BCUT2D eigenvalue weighted by Crippen LogP contribution is 2.31. The zero-order valence-corrected chi connectivity index (χ0v) is 18.2. The highest BCUT2D eigenvalue weighted by Gasteiger charge is 2.22. The molecule has 0 fully saturated rings. The van der Waals surface area contributed by atoms with E-state index < -0.39 is 15.6 Å². The Balaban J connectivity index is 2.37. The van der Waals surface area contributed by atoms with Gasteiger partial charge in [-0.3, -0.25) is 9.52 Å². The highest BCUT2D eigenvalue weighted by atomic mass is 32.2. The molecule has 0 saturated carbocycles. The lowest BCUT2D eigenvalue weighted by Gasteiger charge is -2.21. The number of ether oxygens (including phenoxy) is 2. The summed E-state index contributed by atoms with van der Waals surface area (Å²) in [6.07, 6.45) is 0. The maximum Gasteiger partial charge on any atom is 0.262 e. The van der Waals surface area contributed by atoms with Crippen molar-refractivity contribution in [2.45, 2.75) is 45.1 Å². The molecular weight excluding hydrogens is 392 g/mol. The molecule has 2 aromatic rings. The number of nitrogens with one attached hydrogen (secondary N) is 2. The van der Waals surface area contributed by atoms with Gasteiger partial charge in [-0.1, -0.05) is 12.1 Å². The molecule has 0 spiro atoms. The van der Waals surface area contributed by atoms with Gasteiger partial charge in [0, 0.05) is 11.6 Å². The molecule has 8 heteroatoms. The number of anilines is 1. The molecule has 0 aliphatic carbocycles. The molecule has 0 aliphatic heterocycles. The molecule has 2 rings (SSSR count). The zero-order valence-electron chi connectivity index (χ0n) is 17.4. The highest BCUT2D eigenvalue weighted by molar-refractivity contribution is 7.92. The minimum absolute atomic E-state index is 0.00966. The molecule has 0 heterocycles. The third kappa shape index (κ3) is 6.12. The number of para-hydroxylation sites is 1. The summed E-state index contributed by atoms with van der Waals surface area (Å²) >= 11 is 0. The summed E-state index contributed by atoms with van der Waals surface area (Å²) in [6.45, 7) is 10.0. The summed E-state index contributed by atoms with van der Waals surface area (Å²) < 4.78 is 39.4. The van der Waals surface area contributed by atoms with E-state index in [1.807, 2.05) is 27.7 Å². The maximum atomic E-state index is 12.9. The van der Waals surface area contributed by atoms with Gasteiger partial charge in [0.25, 0.3) is 15.9 Å². The quantitative estimate of drug-likeness (QED) is 0.677. The number of carbonyl (C=O) groups is 1. The standard InChI is InChI=1S/C21H28N2O5S/c1-6-27-18-13-12-15(14-19(18)28-7-2)29(25,26)23-17-11-9-8-10-16(17)20(24)22-21(3,4)5/h8-14,23H,6-7H2,1-5H3,(H,22,24). The van der Waals surface area contributed by atoms with Gasteiger partial charge in [-0.25, -0.2) is 8.42 Å². The van der Waals surface area contributed by atoms with Gasteiger partial charge >= 0.3 is 0 Å². The first kappa shape index (κ1) is 22.5. The van der Waals surface area contributed by atoms with Crippen LogP contribution in [0.25, 0.3) is 0 Å². The van der Waals surface area contributed by atoms with Crippen molar-refractivity contribution in [2.75, 3.05) is 17.9 Å². The van der Waals surface area contributed by atoms with Crippen LogP contribution in [0.1, 0.15) is 45.0 Å². The number of amides is 1. The number of benzene rings is 2. The Bertz CT molecular complexity index is 965. The molecular formula is C21H28N2O5S. The second kappa shape index (κ2) is 9.17. The van der Waals surface area contributed by atoms with Crippen molar-refractivity contribution in [3.05, 3.63) is 48.0 Å². The van der Waals surface area contributed by atoms with E-state index in [0.717, 1.165) is 0 Å².